The minimum Gasteiger partial charge on any atom is -0.393 e. The summed E-state index contributed by atoms with van der Waals surface area (Å²) in [7, 11) is -5.14. The summed E-state index contributed by atoms with van der Waals surface area (Å²) in [6.45, 7) is 3.68. The van der Waals surface area contributed by atoms with Crippen molar-refractivity contribution in [2.45, 2.75) is 229 Å². The number of rotatable bonds is 36. The molecule has 1 amide bonds. The molecule has 58 heavy (non-hydrogen) atoms. The molecule has 9 N–H and O–H groups in total. The van der Waals surface area contributed by atoms with E-state index >= 15 is 0 Å². The van der Waals surface area contributed by atoms with E-state index in [4.69, 9.17) is 9.05 Å². The van der Waals surface area contributed by atoms with Gasteiger partial charge in [0, 0.05) is 0 Å². The lowest BCUT2D eigenvalue weighted by atomic mass is 9.85. The number of unbranched alkanes of at least 4 members (excludes halogenated alkanes) is 20. The number of amides is 1. The number of phosphoric acid groups is 1. The van der Waals surface area contributed by atoms with Gasteiger partial charge < -0.3 is 46.0 Å². The summed E-state index contributed by atoms with van der Waals surface area (Å²) in [5.74, 6) is -0.607. The Balaban J connectivity index is 2.60. The molecule has 1 aliphatic rings. The molecule has 0 heterocycles. The van der Waals surface area contributed by atoms with E-state index < -0.39 is 75.2 Å². The summed E-state index contributed by atoms with van der Waals surface area (Å²) in [5, 5.41) is 74.3. The molecule has 8 unspecified atom stereocenters. The van der Waals surface area contributed by atoms with Crippen molar-refractivity contribution < 1.29 is 59.0 Å². The lowest BCUT2D eigenvalue weighted by molar-refractivity contribution is -0.220. The molecule has 340 valence electrons. The van der Waals surface area contributed by atoms with Crippen molar-refractivity contribution in [3.8, 4) is 0 Å². The van der Waals surface area contributed by atoms with E-state index in [9.17, 15) is 50.0 Å². The van der Waals surface area contributed by atoms with Gasteiger partial charge in [0.25, 0.3) is 0 Å². The van der Waals surface area contributed by atoms with Gasteiger partial charge in [-0.15, -0.1) is 0 Å². The van der Waals surface area contributed by atoms with Crippen LogP contribution >= 0.6 is 7.82 Å². The monoisotopic (exact) mass is 848 g/mol. The zero-order valence-electron chi connectivity index (χ0n) is 35.7. The number of phosphoric ester groups is 1. The number of aliphatic hydroxyl groups excluding tert-OH is 7. The molecule has 1 saturated carbocycles. The molecular weight excluding hydrogens is 765 g/mol. The number of hydrogen-bond donors (Lipinski definition) is 9. The van der Waals surface area contributed by atoms with Crippen LogP contribution in [0.1, 0.15) is 174 Å². The molecule has 0 aromatic heterocycles. The third-order valence-electron chi connectivity index (χ3n) is 10.7. The van der Waals surface area contributed by atoms with Crippen LogP contribution in [0, 0.1) is 0 Å². The van der Waals surface area contributed by atoms with Crippen LogP contribution in [0.15, 0.2) is 36.5 Å². The van der Waals surface area contributed by atoms with Crippen LogP contribution in [0.3, 0.4) is 0 Å². The lowest BCUT2D eigenvalue weighted by Gasteiger charge is -2.41. The second-order valence-electron chi connectivity index (χ2n) is 16.1. The Hall–Kier alpha value is -1.48. The first-order valence-corrected chi connectivity index (χ1v) is 24.0. The van der Waals surface area contributed by atoms with Gasteiger partial charge in [0.2, 0.25) is 5.91 Å². The quantitative estimate of drug-likeness (QED) is 0.0135. The predicted molar refractivity (Wildman–Crippen MR) is 229 cm³/mol. The molecule has 8 atom stereocenters. The van der Waals surface area contributed by atoms with Crippen molar-refractivity contribution in [2.24, 2.45) is 0 Å². The lowest BCUT2D eigenvalue weighted by Crippen LogP contribution is -2.64. The van der Waals surface area contributed by atoms with E-state index in [1.54, 1.807) is 6.08 Å². The molecule has 13 nitrogen and oxygen atoms in total. The Morgan fingerprint density at radius 2 is 1.03 bits per heavy atom. The highest BCUT2D eigenvalue weighted by molar-refractivity contribution is 7.47. The zero-order chi connectivity index (χ0) is 43.0. The maximum Gasteiger partial charge on any atom is 0.472 e. The van der Waals surface area contributed by atoms with Gasteiger partial charge in [0.05, 0.1) is 31.3 Å². The van der Waals surface area contributed by atoms with Crippen LogP contribution in [0.4, 0.5) is 0 Å². The number of allylic oxidation sites excluding steroid dienone is 5. The molecule has 0 bridgehead atoms. The van der Waals surface area contributed by atoms with Gasteiger partial charge in [-0.25, -0.2) is 4.57 Å². The fourth-order valence-corrected chi connectivity index (χ4v) is 7.96. The van der Waals surface area contributed by atoms with E-state index in [2.05, 4.69) is 43.5 Å². The highest BCUT2D eigenvalue weighted by Crippen LogP contribution is 2.47. The number of carbonyl (C=O) groups excluding carboxylic acids is 1. The number of carbonyl (C=O) groups is 1. The Morgan fingerprint density at radius 3 is 1.55 bits per heavy atom. The summed E-state index contributed by atoms with van der Waals surface area (Å²) < 4.78 is 22.8. The van der Waals surface area contributed by atoms with Crippen LogP contribution in [-0.2, 0) is 18.4 Å². The smallest absolute Gasteiger partial charge is 0.393 e. The Bertz CT molecular complexity index is 1140. The minimum atomic E-state index is -5.14. The van der Waals surface area contributed by atoms with Gasteiger partial charge in [0.1, 0.15) is 36.6 Å². The van der Waals surface area contributed by atoms with Gasteiger partial charge in [-0.3, -0.25) is 13.8 Å². The molecule has 0 aromatic rings. The summed E-state index contributed by atoms with van der Waals surface area (Å²) in [6.07, 6.45) is 23.7. The normalized spacial score (nSPS) is 24.1. The second kappa shape index (κ2) is 34.1. The van der Waals surface area contributed by atoms with Crippen molar-refractivity contribution in [2.75, 3.05) is 6.61 Å². The van der Waals surface area contributed by atoms with Gasteiger partial charge in [-0.05, 0) is 44.9 Å². The van der Waals surface area contributed by atoms with Gasteiger partial charge in [-0.2, -0.15) is 0 Å². The average molecular weight is 848 g/mol. The van der Waals surface area contributed by atoms with Crippen LogP contribution in [-0.4, -0.2) is 108 Å². The van der Waals surface area contributed by atoms with Crippen molar-refractivity contribution >= 4 is 13.7 Å². The number of aliphatic hydroxyl groups is 7. The molecule has 0 saturated heterocycles. The molecule has 1 rings (SSSR count). The van der Waals surface area contributed by atoms with Crippen LogP contribution in [0.2, 0.25) is 0 Å². The van der Waals surface area contributed by atoms with E-state index in [0.29, 0.717) is 12.8 Å². The van der Waals surface area contributed by atoms with Crippen molar-refractivity contribution in [1.82, 2.24) is 5.32 Å². The third kappa shape index (κ3) is 26.0. The van der Waals surface area contributed by atoms with Crippen molar-refractivity contribution in [1.29, 1.82) is 0 Å². The first-order chi connectivity index (χ1) is 27.8. The van der Waals surface area contributed by atoms with Crippen LogP contribution in [0.25, 0.3) is 0 Å². The number of nitrogens with one attached hydrogen (secondary N) is 1. The highest BCUT2D eigenvalue weighted by atomic mass is 31.2. The Morgan fingerprint density at radius 1 is 0.621 bits per heavy atom. The van der Waals surface area contributed by atoms with E-state index in [-0.39, 0.29) is 6.42 Å². The first kappa shape index (κ1) is 54.5. The largest absolute Gasteiger partial charge is 0.472 e. The summed E-state index contributed by atoms with van der Waals surface area (Å²) in [6, 6.07) is -1.25. The van der Waals surface area contributed by atoms with E-state index in [0.717, 1.165) is 57.8 Å². The maximum absolute atomic E-state index is 13.0. The molecule has 14 heteroatoms. The molecular formula is C44H82NO12P. The predicted octanol–water partition coefficient (Wildman–Crippen LogP) is 6.97. The van der Waals surface area contributed by atoms with Crippen LogP contribution in [0.5, 0.6) is 0 Å². The summed E-state index contributed by atoms with van der Waals surface area (Å²) in [4.78, 5) is 23.4. The van der Waals surface area contributed by atoms with Crippen LogP contribution < -0.4 is 5.32 Å². The van der Waals surface area contributed by atoms with Crippen molar-refractivity contribution in [3.05, 3.63) is 36.5 Å². The molecule has 1 fully saturated rings. The maximum atomic E-state index is 13.0. The number of hydrogen-bond acceptors (Lipinski definition) is 11. The first-order valence-electron chi connectivity index (χ1n) is 22.5. The van der Waals surface area contributed by atoms with Gasteiger partial charge in [0.15, 0.2) is 0 Å². The molecule has 0 aliphatic heterocycles. The van der Waals surface area contributed by atoms with E-state index in [1.807, 2.05) is 0 Å². The standard InChI is InChI=1S/C44H82NO12P/c1-3-5-7-9-11-13-15-17-18-20-22-24-26-28-30-32-37(47)36(34-56-58(54,55)57-44-42(52)40(50)39(49)41(51)43(44)53)45-38(48)33-35(46)31-29-27-25-23-21-19-16-14-12-10-8-6-4-2/h12,14,16,19,30,32,35-37,39-44,46-47,49-53H,3-11,13,15,17-18,20-29,31,33-34H2,1-2H3,(H,45,48)(H,54,55)/b14-12-,19-16-,32-30+. The summed E-state index contributed by atoms with van der Waals surface area (Å²) >= 11 is 0. The molecule has 0 aromatic carbocycles. The average Bonchev–Trinajstić information content (AvgIpc) is 3.19. The topological polar surface area (TPSA) is 226 Å². The summed E-state index contributed by atoms with van der Waals surface area (Å²) in [5.41, 5.74) is 0. The Labute approximate surface area is 349 Å². The van der Waals surface area contributed by atoms with Crippen molar-refractivity contribution in [3.63, 3.8) is 0 Å². The molecule has 0 spiro atoms. The molecule has 0 radical (unpaired) electrons. The minimum absolute atomic E-state index is 0.259. The fourth-order valence-electron chi connectivity index (χ4n) is 6.99. The van der Waals surface area contributed by atoms with E-state index in [1.165, 1.54) is 89.5 Å². The highest BCUT2D eigenvalue weighted by Gasteiger charge is 2.51. The zero-order valence-corrected chi connectivity index (χ0v) is 36.6. The van der Waals surface area contributed by atoms with Gasteiger partial charge in [-0.1, -0.05) is 159 Å². The second-order valence-corrected chi connectivity index (χ2v) is 17.5. The molecule has 1 aliphatic carbocycles. The third-order valence-corrected chi connectivity index (χ3v) is 11.7. The Kier molecular flexibility index (Phi) is 32.1. The fraction of sp³-hybridized carbons (Fsp3) is 0.841. The SMILES string of the molecule is CCCCC/C=C\C=C/CCCCCCC(O)CC(=O)NC(COP(=O)(O)OC1C(O)C(O)C(O)C(O)C1O)C(O)/C=C/CCCCCCCCCCCCCCC. The van der Waals surface area contributed by atoms with Gasteiger partial charge >= 0.3 is 7.82 Å².